The van der Waals surface area contributed by atoms with E-state index < -0.39 is 0 Å². The maximum atomic E-state index is 12.6. The third-order valence-electron chi connectivity index (χ3n) is 4.35. The lowest BCUT2D eigenvalue weighted by atomic mass is 9.97. The summed E-state index contributed by atoms with van der Waals surface area (Å²) in [5.41, 5.74) is 0.851. The summed E-state index contributed by atoms with van der Waals surface area (Å²) in [6.07, 6.45) is 5.86. The minimum Gasteiger partial charge on any atom is -0.335 e. The van der Waals surface area contributed by atoms with Crippen LogP contribution >= 0.6 is 11.8 Å². The Kier molecular flexibility index (Phi) is 5.10. The van der Waals surface area contributed by atoms with E-state index in [-0.39, 0.29) is 17.9 Å². The molecule has 1 saturated carbocycles. The molecular formula is C17H23N3O2S. The van der Waals surface area contributed by atoms with Gasteiger partial charge in [-0.15, -0.1) is 11.8 Å². The number of piperidine rings is 1. The number of likely N-dealkylation sites (tertiary alicyclic amines) is 1. The van der Waals surface area contributed by atoms with Crippen molar-refractivity contribution < 1.29 is 9.59 Å². The fourth-order valence-electron chi connectivity index (χ4n) is 2.85. The van der Waals surface area contributed by atoms with Gasteiger partial charge in [0.1, 0.15) is 0 Å². The molecule has 0 bridgehead atoms. The number of hydrogen-bond donors (Lipinski definition) is 2. The number of carbonyl (C=O) groups is 2. The van der Waals surface area contributed by atoms with Gasteiger partial charge in [-0.1, -0.05) is 12.1 Å². The second kappa shape index (κ2) is 7.25. The molecule has 1 aliphatic heterocycles. The minimum atomic E-state index is -0.136. The first-order valence-electron chi connectivity index (χ1n) is 8.16. The van der Waals surface area contributed by atoms with E-state index in [2.05, 4.69) is 10.6 Å². The van der Waals surface area contributed by atoms with Gasteiger partial charge in [0.15, 0.2) is 0 Å². The zero-order chi connectivity index (χ0) is 16.2. The Hall–Kier alpha value is -1.69. The topological polar surface area (TPSA) is 61.4 Å². The summed E-state index contributed by atoms with van der Waals surface area (Å²) in [5.74, 6) is -0.126. The van der Waals surface area contributed by atoms with Crippen molar-refractivity contribution in [3.8, 4) is 0 Å². The molecule has 0 spiro atoms. The van der Waals surface area contributed by atoms with Gasteiger partial charge in [-0.2, -0.15) is 0 Å². The number of hydrogen-bond acceptors (Lipinski definition) is 3. The molecule has 1 aromatic carbocycles. The molecule has 23 heavy (non-hydrogen) atoms. The molecule has 2 aliphatic rings. The van der Waals surface area contributed by atoms with Crippen LogP contribution in [-0.2, 0) is 4.79 Å². The second-order valence-electron chi connectivity index (χ2n) is 6.20. The number of benzene rings is 1. The SMILES string of the molecule is CSc1ccccc1NC(=O)C1CCCN(C(=O)NC2CC2)C1. The molecule has 6 heteroatoms. The lowest BCUT2D eigenvalue weighted by Crippen LogP contribution is -2.48. The van der Waals surface area contributed by atoms with Gasteiger partial charge in [-0.25, -0.2) is 4.79 Å². The van der Waals surface area contributed by atoms with Gasteiger partial charge in [0, 0.05) is 24.0 Å². The number of para-hydroxylation sites is 1. The standard InChI is InChI=1S/C17H23N3O2S/c1-23-15-7-3-2-6-14(15)19-16(21)12-5-4-10-20(11-12)17(22)18-13-8-9-13/h2-3,6-7,12-13H,4-5,8-11H2,1H3,(H,18,22)(H,19,21). The number of amides is 3. The summed E-state index contributed by atoms with van der Waals surface area (Å²) in [7, 11) is 0. The van der Waals surface area contributed by atoms with Crippen molar-refractivity contribution in [1.82, 2.24) is 10.2 Å². The van der Waals surface area contributed by atoms with E-state index >= 15 is 0 Å². The van der Waals surface area contributed by atoms with Gasteiger partial charge >= 0.3 is 6.03 Å². The predicted molar refractivity (Wildman–Crippen MR) is 92.7 cm³/mol. The van der Waals surface area contributed by atoms with E-state index in [1.165, 1.54) is 0 Å². The molecule has 0 aromatic heterocycles. The van der Waals surface area contributed by atoms with E-state index in [9.17, 15) is 9.59 Å². The monoisotopic (exact) mass is 333 g/mol. The summed E-state index contributed by atoms with van der Waals surface area (Å²) >= 11 is 1.61. The molecule has 1 saturated heterocycles. The van der Waals surface area contributed by atoms with Gasteiger partial charge < -0.3 is 15.5 Å². The summed E-state index contributed by atoms with van der Waals surface area (Å²) in [6, 6.07) is 8.14. The van der Waals surface area contributed by atoms with Crippen molar-refractivity contribution in [2.24, 2.45) is 5.92 Å². The Morgan fingerprint density at radius 2 is 2.00 bits per heavy atom. The molecular weight excluding hydrogens is 310 g/mol. The van der Waals surface area contributed by atoms with Crippen molar-refractivity contribution in [1.29, 1.82) is 0 Å². The number of anilines is 1. The van der Waals surface area contributed by atoms with Gasteiger partial charge in [-0.05, 0) is 44.1 Å². The first-order chi connectivity index (χ1) is 11.2. The number of nitrogens with zero attached hydrogens (tertiary/aromatic N) is 1. The lowest BCUT2D eigenvalue weighted by molar-refractivity contribution is -0.121. The quantitative estimate of drug-likeness (QED) is 0.833. The number of rotatable bonds is 4. The molecule has 0 radical (unpaired) electrons. The summed E-state index contributed by atoms with van der Waals surface area (Å²) < 4.78 is 0. The van der Waals surface area contributed by atoms with Crippen molar-refractivity contribution in [2.45, 2.75) is 36.6 Å². The van der Waals surface area contributed by atoms with Crippen LogP contribution in [0, 0.1) is 5.92 Å². The molecule has 124 valence electrons. The van der Waals surface area contributed by atoms with Crippen molar-refractivity contribution >= 4 is 29.4 Å². The highest BCUT2D eigenvalue weighted by molar-refractivity contribution is 7.98. The minimum absolute atomic E-state index is 0.00965. The molecule has 3 amide bonds. The normalized spacial score (nSPS) is 20.9. The zero-order valence-electron chi connectivity index (χ0n) is 13.4. The molecule has 5 nitrogen and oxygen atoms in total. The molecule has 2 N–H and O–H groups in total. The Balaban J connectivity index is 1.59. The molecule has 1 aliphatic carbocycles. The first kappa shape index (κ1) is 16.2. The number of nitrogens with one attached hydrogen (secondary N) is 2. The maximum absolute atomic E-state index is 12.6. The van der Waals surface area contributed by atoms with Gasteiger partial charge in [0.25, 0.3) is 0 Å². The highest BCUT2D eigenvalue weighted by Gasteiger charge is 2.31. The third kappa shape index (κ3) is 4.19. The van der Waals surface area contributed by atoms with Crippen LogP contribution in [0.5, 0.6) is 0 Å². The summed E-state index contributed by atoms with van der Waals surface area (Å²) in [4.78, 5) is 27.6. The van der Waals surface area contributed by atoms with Gasteiger partial charge in [0.05, 0.1) is 11.6 Å². The lowest BCUT2D eigenvalue weighted by Gasteiger charge is -2.32. The van der Waals surface area contributed by atoms with E-state index in [1.807, 2.05) is 30.5 Å². The highest BCUT2D eigenvalue weighted by Crippen LogP contribution is 2.26. The Labute approximate surface area is 141 Å². The average molecular weight is 333 g/mol. The first-order valence-corrected chi connectivity index (χ1v) is 9.39. The van der Waals surface area contributed by atoms with Crippen molar-refractivity contribution in [3.05, 3.63) is 24.3 Å². The van der Waals surface area contributed by atoms with E-state index in [0.717, 1.165) is 42.8 Å². The van der Waals surface area contributed by atoms with Crippen LogP contribution in [0.4, 0.5) is 10.5 Å². The smallest absolute Gasteiger partial charge is 0.317 e. The van der Waals surface area contributed by atoms with Crippen LogP contribution in [0.15, 0.2) is 29.2 Å². The Bertz CT molecular complexity index is 589. The highest BCUT2D eigenvalue weighted by atomic mass is 32.2. The van der Waals surface area contributed by atoms with Crippen LogP contribution in [-0.4, -0.2) is 42.2 Å². The fourth-order valence-corrected chi connectivity index (χ4v) is 3.41. The molecule has 2 fully saturated rings. The predicted octanol–water partition coefficient (Wildman–Crippen LogP) is 2.93. The number of carbonyl (C=O) groups excluding carboxylic acids is 2. The maximum Gasteiger partial charge on any atom is 0.317 e. The van der Waals surface area contributed by atoms with E-state index in [1.54, 1.807) is 16.7 Å². The molecule has 1 unspecified atom stereocenters. The average Bonchev–Trinajstić information content (AvgIpc) is 3.39. The fraction of sp³-hybridized carbons (Fsp3) is 0.529. The largest absolute Gasteiger partial charge is 0.335 e. The van der Waals surface area contributed by atoms with Gasteiger partial charge in [-0.3, -0.25) is 4.79 Å². The van der Waals surface area contributed by atoms with Crippen LogP contribution < -0.4 is 10.6 Å². The molecule has 1 aromatic rings. The Morgan fingerprint density at radius 1 is 1.22 bits per heavy atom. The summed E-state index contributed by atoms with van der Waals surface area (Å²) in [5, 5.41) is 6.03. The number of urea groups is 1. The number of thioether (sulfide) groups is 1. The molecule has 1 heterocycles. The van der Waals surface area contributed by atoms with E-state index in [4.69, 9.17) is 0 Å². The van der Waals surface area contributed by atoms with Crippen LogP contribution in [0.2, 0.25) is 0 Å². The van der Waals surface area contributed by atoms with Crippen molar-refractivity contribution in [2.75, 3.05) is 24.7 Å². The molecule has 3 rings (SSSR count). The van der Waals surface area contributed by atoms with Crippen LogP contribution in [0.1, 0.15) is 25.7 Å². The summed E-state index contributed by atoms with van der Waals surface area (Å²) in [6.45, 7) is 1.25. The second-order valence-corrected chi connectivity index (χ2v) is 7.05. The third-order valence-corrected chi connectivity index (χ3v) is 5.15. The Morgan fingerprint density at radius 3 is 2.74 bits per heavy atom. The van der Waals surface area contributed by atoms with Crippen molar-refractivity contribution in [3.63, 3.8) is 0 Å². The van der Waals surface area contributed by atoms with Crippen LogP contribution in [0.3, 0.4) is 0 Å². The molecule has 1 atom stereocenters. The van der Waals surface area contributed by atoms with Crippen LogP contribution in [0.25, 0.3) is 0 Å². The zero-order valence-corrected chi connectivity index (χ0v) is 14.2. The van der Waals surface area contributed by atoms with E-state index in [0.29, 0.717) is 12.6 Å². The van der Waals surface area contributed by atoms with Gasteiger partial charge in [0.2, 0.25) is 5.91 Å².